The lowest BCUT2D eigenvalue weighted by Crippen LogP contribution is -2.34. The van der Waals surface area contributed by atoms with Crippen LogP contribution >= 0.6 is 0 Å². The van der Waals surface area contributed by atoms with Crippen molar-refractivity contribution in [3.8, 4) is 0 Å². The summed E-state index contributed by atoms with van der Waals surface area (Å²) < 4.78 is 41.1. The molecule has 0 saturated heterocycles. The molecule has 0 amide bonds. The van der Waals surface area contributed by atoms with Crippen molar-refractivity contribution in [1.29, 1.82) is 0 Å². The topological polar surface area (TPSA) is 29.5 Å². The molecule has 1 rings (SSSR count). The van der Waals surface area contributed by atoms with E-state index in [0.717, 1.165) is 0 Å². The van der Waals surface area contributed by atoms with Crippen LogP contribution in [0.1, 0.15) is 18.9 Å². The number of halogens is 3. The Hall–Kier alpha value is -1.07. The molecule has 1 N–H and O–H groups in total. The minimum atomic E-state index is -3.28. The molecule has 0 radical (unpaired) electrons. The Morgan fingerprint density at radius 3 is 2.25 bits per heavy atom. The fourth-order valence-electron chi connectivity index (χ4n) is 1.29. The van der Waals surface area contributed by atoms with E-state index >= 15 is 0 Å². The second-order valence-corrected chi connectivity index (χ2v) is 3.31. The van der Waals surface area contributed by atoms with Gasteiger partial charge in [0.25, 0.3) is 12.8 Å². The summed E-state index contributed by atoms with van der Waals surface area (Å²) in [6.45, 7) is 1.52. The van der Waals surface area contributed by atoms with Gasteiger partial charge in [0.15, 0.2) is 5.79 Å². The minimum Gasteiger partial charge on any atom is -0.362 e. The van der Waals surface area contributed by atoms with Crippen LogP contribution in [0.3, 0.4) is 0 Å². The van der Waals surface area contributed by atoms with Gasteiger partial charge < -0.3 is 9.84 Å². The van der Waals surface area contributed by atoms with Gasteiger partial charge in [0.1, 0.15) is 0 Å². The lowest BCUT2D eigenvalue weighted by atomic mass is 10.0. The molecule has 2 atom stereocenters. The second kappa shape index (κ2) is 5.32. The summed E-state index contributed by atoms with van der Waals surface area (Å²) in [5.74, 6) is -2.02. The Balaban J connectivity index is 2.86. The maximum absolute atomic E-state index is 12.8. The first-order valence-electron chi connectivity index (χ1n) is 4.87. The van der Waals surface area contributed by atoms with E-state index in [9.17, 15) is 18.3 Å². The van der Waals surface area contributed by atoms with Gasteiger partial charge in [0, 0.05) is 12.0 Å². The van der Waals surface area contributed by atoms with E-state index in [1.165, 1.54) is 19.1 Å². The van der Waals surface area contributed by atoms with Crippen molar-refractivity contribution < 1.29 is 23.0 Å². The number of benzene rings is 1. The van der Waals surface area contributed by atoms with Crippen molar-refractivity contribution >= 4 is 0 Å². The van der Waals surface area contributed by atoms with E-state index in [4.69, 9.17) is 0 Å². The van der Waals surface area contributed by atoms with Crippen LogP contribution in [0.5, 0.6) is 0 Å². The second-order valence-electron chi connectivity index (χ2n) is 3.31. The number of hydrogen-bond donors (Lipinski definition) is 1. The SMILES string of the molecule is CCC(O)(OC(F)C(F)F)c1ccccc1. The molecular formula is C11H13F3O2. The summed E-state index contributed by atoms with van der Waals surface area (Å²) in [7, 11) is 0. The monoisotopic (exact) mass is 234 g/mol. The number of rotatable bonds is 5. The molecule has 0 heterocycles. The molecule has 2 unspecified atom stereocenters. The van der Waals surface area contributed by atoms with Crippen LogP contribution in [0.4, 0.5) is 13.2 Å². The number of alkyl halides is 3. The highest BCUT2D eigenvalue weighted by atomic mass is 19.3. The first kappa shape index (κ1) is 13.0. The van der Waals surface area contributed by atoms with E-state index in [0.29, 0.717) is 0 Å². The molecule has 90 valence electrons. The molecule has 0 saturated carbocycles. The summed E-state index contributed by atoms with van der Waals surface area (Å²) in [5, 5.41) is 9.92. The third kappa shape index (κ3) is 2.96. The van der Waals surface area contributed by atoms with Gasteiger partial charge in [-0.2, -0.15) is 0 Å². The maximum atomic E-state index is 12.8. The van der Waals surface area contributed by atoms with Crippen LogP contribution < -0.4 is 0 Å². The third-order valence-electron chi connectivity index (χ3n) is 2.21. The molecule has 0 bridgehead atoms. The highest BCUT2D eigenvalue weighted by Crippen LogP contribution is 2.29. The van der Waals surface area contributed by atoms with Gasteiger partial charge in [0.2, 0.25) is 0 Å². The molecular weight excluding hydrogens is 221 g/mol. The average Bonchev–Trinajstić information content (AvgIpc) is 2.29. The van der Waals surface area contributed by atoms with Crippen LogP contribution in [0, 0.1) is 0 Å². The predicted octanol–water partition coefficient (Wildman–Crippen LogP) is 2.82. The van der Waals surface area contributed by atoms with Crippen LogP contribution in [0.25, 0.3) is 0 Å². The number of aliphatic hydroxyl groups is 1. The zero-order valence-corrected chi connectivity index (χ0v) is 8.74. The Morgan fingerprint density at radius 1 is 1.25 bits per heavy atom. The highest BCUT2D eigenvalue weighted by molar-refractivity contribution is 5.19. The molecule has 1 aromatic rings. The standard InChI is InChI=1S/C11H13F3O2/c1-2-11(15,16-10(14)9(12)13)8-6-4-3-5-7-8/h3-7,9-10,15H,2H2,1H3. The third-order valence-corrected chi connectivity index (χ3v) is 2.21. The molecule has 5 heteroatoms. The van der Waals surface area contributed by atoms with E-state index in [1.807, 2.05) is 0 Å². The van der Waals surface area contributed by atoms with Crippen LogP contribution in [0.2, 0.25) is 0 Å². The van der Waals surface area contributed by atoms with Crippen molar-refractivity contribution in [3.63, 3.8) is 0 Å². The first-order chi connectivity index (χ1) is 7.49. The highest BCUT2D eigenvalue weighted by Gasteiger charge is 2.35. The Morgan fingerprint density at radius 2 is 1.81 bits per heavy atom. The zero-order chi connectivity index (χ0) is 12.2. The molecule has 16 heavy (non-hydrogen) atoms. The average molecular weight is 234 g/mol. The summed E-state index contributed by atoms with van der Waals surface area (Å²) in [6.07, 6.45) is -6.10. The van der Waals surface area contributed by atoms with Gasteiger partial charge in [-0.3, -0.25) is 0 Å². The van der Waals surface area contributed by atoms with Gasteiger partial charge in [-0.1, -0.05) is 37.3 Å². The minimum absolute atomic E-state index is 0.0237. The molecule has 0 aromatic heterocycles. The largest absolute Gasteiger partial charge is 0.362 e. The van der Waals surface area contributed by atoms with Gasteiger partial charge in [0.05, 0.1) is 0 Å². The van der Waals surface area contributed by atoms with E-state index in [1.54, 1.807) is 18.2 Å². The Labute approximate surface area is 91.7 Å². The Bertz CT molecular complexity index is 318. The van der Waals surface area contributed by atoms with Crippen LogP contribution in [-0.2, 0) is 10.5 Å². The van der Waals surface area contributed by atoms with Gasteiger partial charge in [-0.25, -0.2) is 13.2 Å². The zero-order valence-electron chi connectivity index (χ0n) is 8.74. The normalized spacial score (nSPS) is 17.1. The maximum Gasteiger partial charge on any atom is 0.293 e. The van der Waals surface area contributed by atoms with Gasteiger partial charge >= 0.3 is 0 Å². The molecule has 0 fully saturated rings. The fourth-order valence-corrected chi connectivity index (χ4v) is 1.29. The van der Waals surface area contributed by atoms with Crippen molar-refractivity contribution in [2.24, 2.45) is 0 Å². The van der Waals surface area contributed by atoms with Gasteiger partial charge in [-0.15, -0.1) is 0 Å². The van der Waals surface area contributed by atoms with Gasteiger partial charge in [-0.05, 0) is 0 Å². The van der Waals surface area contributed by atoms with Crippen molar-refractivity contribution in [1.82, 2.24) is 0 Å². The van der Waals surface area contributed by atoms with E-state index < -0.39 is 18.6 Å². The lowest BCUT2D eigenvalue weighted by molar-refractivity contribution is -0.293. The van der Waals surface area contributed by atoms with Crippen molar-refractivity contribution in [3.05, 3.63) is 35.9 Å². The summed E-state index contributed by atoms with van der Waals surface area (Å²) in [6, 6.07) is 7.88. The quantitative estimate of drug-likeness (QED) is 0.794. The van der Waals surface area contributed by atoms with E-state index in [-0.39, 0.29) is 12.0 Å². The van der Waals surface area contributed by atoms with Crippen LogP contribution in [0.15, 0.2) is 30.3 Å². The molecule has 0 spiro atoms. The summed E-state index contributed by atoms with van der Waals surface area (Å²) >= 11 is 0. The number of ether oxygens (including phenoxy) is 1. The van der Waals surface area contributed by atoms with E-state index in [2.05, 4.69) is 4.74 Å². The Kier molecular flexibility index (Phi) is 4.32. The van der Waals surface area contributed by atoms with Crippen molar-refractivity contribution in [2.45, 2.75) is 31.9 Å². The predicted molar refractivity (Wildman–Crippen MR) is 52.6 cm³/mol. The molecule has 0 aliphatic heterocycles. The van der Waals surface area contributed by atoms with Crippen molar-refractivity contribution in [2.75, 3.05) is 0 Å². The molecule has 0 aliphatic rings. The lowest BCUT2D eigenvalue weighted by Gasteiger charge is -2.28. The summed E-state index contributed by atoms with van der Waals surface area (Å²) in [4.78, 5) is 0. The smallest absolute Gasteiger partial charge is 0.293 e. The van der Waals surface area contributed by atoms with Crippen LogP contribution in [-0.4, -0.2) is 17.9 Å². The first-order valence-corrected chi connectivity index (χ1v) is 4.87. The number of hydrogen-bond acceptors (Lipinski definition) is 2. The fraction of sp³-hybridized carbons (Fsp3) is 0.455. The summed E-state index contributed by atoms with van der Waals surface area (Å²) in [5.41, 5.74) is 0.251. The molecule has 1 aromatic carbocycles. The molecule has 0 aliphatic carbocycles. The molecule has 2 nitrogen and oxygen atoms in total.